The smallest absolute Gasteiger partial charge is 0.139 e. The lowest BCUT2D eigenvalue weighted by Gasteiger charge is -2.46. The first-order valence-corrected chi connectivity index (χ1v) is 7.07. The van der Waals surface area contributed by atoms with Crippen molar-refractivity contribution in [2.75, 3.05) is 6.73 Å². The summed E-state index contributed by atoms with van der Waals surface area (Å²) < 4.78 is 5.71. The maximum absolute atomic E-state index is 5.71. The number of para-hydroxylation sites is 1. The molecular formula is C16H26N2O. The van der Waals surface area contributed by atoms with Gasteiger partial charge in [0.2, 0.25) is 0 Å². The van der Waals surface area contributed by atoms with Gasteiger partial charge in [-0.1, -0.05) is 18.2 Å². The van der Waals surface area contributed by atoms with Crippen molar-refractivity contribution in [1.29, 1.82) is 0 Å². The Morgan fingerprint density at radius 2 is 1.68 bits per heavy atom. The third-order valence-electron chi connectivity index (χ3n) is 3.54. The maximum Gasteiger partial charge on any atom is 0.139 e. The number of rotatable bonds is 4. The fourth-order valence-corrected chi connectivity index (χ4v) is 3.23. The van der Waals surface area contributed by atoms with Gasteiger partial charge in [0.15, 0.2) is 0 Å². The van der Waals surface area contributed by atoms with Crippen LogP contribution in [-0.4, -0.2) is 23.9 Å². The summed E-state index contributed by atoms with van der Waals surface area (Å²) in [7, 11) is 0. The lowest BCUT2D eigenvalue weighted by molar-refractivity contribution is 0.129. The van der Waals surface area contributed by atoms with E-state index in [1.807, 2.05) is 30.3 Å². The minimum Gasteiger partial charge on any atom is -0.478 e. The van der Waals surface area contributed by atoms with Gasteiger partial charge in [-0.2, -0.15) is 0 Å². The van der Waals surface area contributed by atoms with Crippen molar-refractivity contribution in [1.82, 2.24) is 10.6 Å². The zero-order valence-corrected chi connectivity index (χ0v) is 12.5. The fraction of sp³-hybridized carbons (Fsp3) is 0.625. The number of piperidine rings is 1. The summed E-state index contributed by atoms with van der Waals surface area (Å²) in [4.78, 5) is 0. The topological polar surface area (TPSA) is 33.3 Å². The monoisotopic (exact) mass is 262 g/mol. The van der Waals surface area contributed by atoms with Crippen molar-refractivity contribution in [3.8, 4) is 5.75 Å². The van der Waals surface area contributed by atoms with E-state index in [1.54, 1.807) is 0 Å². The van der Waals surface area contributed by atoms with Crippen LogP contribution in [0.4, 0.5) is 0 Å². The molecule has 1 saturated heterocycles. The van der Waals surface area contributed by atoms with Crippen LogP contribution in [0.2, 0.25) is 0 Å². The van der Waals surface area contributed by atoms with Crippen LogP contribution in [0.5, 0.6) is 5.75 Å². The molecule has 106 valence electrons. The van der Waals surface area contributed by atoms with Gasteiger partial charge in [0.05, 0.1) is 0 Å². The fourth-order valence-electron chi connectivity index (χ4n) is 3.23. The second-order valence-electron chi connectivity index (χ2n) is 6.80. The molecule has 0 saturated carbocycles. The van der Waals surface area contributed by atoms with E-state index < -0.39 is 0 Å². The zero-order chi connectivity index (χ0) is 13.9. The average Bonchev–Trinajstić information content (AvgIpc) is 2.26. The second kappa shape index (κ2) is 5.51. The molecule has 0 atom stereocenters. The highest BCUT2D eigenvalue weighted by Crippen LogP contribution is 2.28. The molecule has 1 aromatic carbocycles. The normalized spacial score (nSPS) is 22.1. The Balaban J connectivity index is 1.82. The Labute approximate surface area is 116 Å². The van der Waals surface area contributed by atoms with E-state index in [-0.39, 0.29) is 11.1 Å². The largest absolute Gasteiger partial charge is 0.478 e. The molecule has 3 nitrogen and oxygen atoms in total. The van der Waals surface area contributed by atoms with Gasteiger partial charge in [-0.25, -0.2) is 0 Å². The van der Waals surface area contributed by atoms with Crippen LogP contribution in [0.1, 0.15) is 40.5 Å². The van der Waals surface area contributed by atoms with E-state index in [1.165, 1.54) is 0 Å². The van der Waals surface area contributed by atoms with Crippen LogP contribution in [-0.2, 0) is 0 Å². The molecule has 1 aromatic rings. The molecule has 19 heavy (non-hydrogen) atoms. The summed E-state index contributed by atoms with van der Waals surface area (Å²) in [6, 6.07) is 10.4. The van der Waals surface area contributed by atoms with Crippen molar-refractivity contribution >= 4 is 0 Å². The minimum absolute atomic E-state index is 0.173. The van der Waals surface area contributed by atoms with Gasteiger partial charge in [0, 0.05) is 17.1 Å². The highest BCUT2D eigenvalue weighted by molar-refractivity contribution is 5.20. The highest BCUT2D eigenvalue weighted by atomic mass is 16.5. The Morgan fingerprint density at radius 1 is 1.11 bits per heavy atom. The van der Waals surface area contributed by atoms with E-state index in [0.29, 0.717) is 12.8 Å². The minimum atomic E-state index is 0.173. The van der Waals surface area contributed by atoms with Crippen LogP contribution >= 0.6 is 0 Å². The number of ether oxygens (including phenoxy) is 1. The molecule has 0 amide bonds. The Bertz CT molecular complexity index is 384. The average molecular weight is 262 g/mol. The van der Waals surface area contributed by atoms with Gasteiger partial charge in [0.25, 0.3) is 0 Å². The lowest BCUT2D eigenvalue weighted by atomic mass is 9.80. The van der Waals surface area contributed by atoms with Gasteiger partial charge in [0.1, 0.15) is 12.5 Å². The Hall–Kier alpha value is -1.06. The first-order chi connectivity index (χ1) is 8.86. The maximum atomic E-state index is 5.71. The molecule has 2 rings (SSSR count). The second-order valence-corrected chi connectivity index (χ2v) is 6.80. The molecule has 0 aromatic heterocycles. The van der Waals surface area contributed by atoms with E-state index >= 15 is 0 Å². The summed E-state index contributed by atoms with van der Waals surface area (Å²) in [6.07, 6.45) is 2.24. The van der Waals surface area contributed by atoms with Crippen molar-refractivity contribution in [2.24, 2.45) is 0 Å². The molecule has 1 heterocycles. The van der Waals surface area contributed by atoms with E-state index in [2.05, 4.69) is 38.3 Å². The molecule has 1 aliphatic rings. The molecule has 1 aliphatic heterocycles. The molecule has 3 heteroatoms. The van der Waals surface area contributed by atoms with Crippen molar-refractivity contribution in [3.05, 3.63) is 30.3 Å². The van der Waals surface area contributed by atoms with Crippen molar-refractivity contribution < 1.29 is 4.74 Å². The van der Waals surface area contributed by atoms with E-state index in [4.69, 9.17) is 4.74 Å². The standard InChI is InChI=1S/C16H26N2O/c1-15(2)10-13(11-16(3,4)18-15)17-12-19-14-8-6-5-7-9-14/h5-9,13,17-18H,10-12H2,1-4H3. The molecule has 2 N–H and O–H groups in total. The Kier molecular flexibility index (Phi) is 4.16. The molecule has 1 fully saturated rings. The molecule has 0 radical (unpaired) electrons. The van der Waals surface area contributed by atoms with Crippen molar-refractivity contribution in [3.63, 3.8) is 0 Å². The van der Waals surface area contributed by atoms with Crippen LogP contribution in [0.15, 0.2) is 30.3 Å². The van der Waals surface area contributed by atoms with Crippen molar-refractivity contribution in [2.45, 2.75) is 57.7 Å². The summed E-state index contributed by atoms with van der Waals surface area (Å²) in [5.74, 6) is 0.919. The van der Waals surface area contributed by atoms with Gasteiger partial charge in [-0.05, 0) is 52.7 Å². The molecule has 0 unspecified atom stereocenters. The van der Waals surface area contributed by atoms with Crippen LogP contribution in [0, 0.1) is 0 Å². The first-order valence-electron chi connectivity index (χ1n) is 7.07. The number of hydrogen-bond donors (Lipinski definition) is 2. The van der Waals surface area contributed by atoms with Crippen LogP contribution < -0.4 is 15.4 Å². The summed E-state index contributed by atoms with van der Waals surface area (Å²) in [6.45, 7) is 9.63. The third-order valence-corrected chi connectivity index (χ3v) is 3.54. The summed E-state index contributed by atoms with van der Waals surface area (Å²) in [5.41, 5.74) is 0.346. The molecular weight excluding hydrogens is 236 g/mol. The first kappa shape index (κ1) is 14.4. The lowest BCUT2D eigenvalue weighted by Crippen LogP contribution is -2.61. The van der Waals surface area contributed by atoms with Gasteiger partial charge < -0.3 is 10.1 Å². The third kappa shape index (κ3) is 4.51. The highest BCUT2D eigenvalue weighted by Gasteiger charge is 2.37. The SMILES string of the molecule is CC1(C)CC(NCOc2ccccc2)CC(C)(C)N1. The van der Waals surface area contributed by atoms with E-state index in [0.717, 1.165) is 18.6 Å². The van der Waals surface area contributed by atoms with Crippen LogP contribution in [0.3, 0.4) is 0 Å². The summed E-state index contributed by atoms with van der Waals surface area (Å²) >= 11 is 0. The summed E-state index contributed by atoms with van der Waals surface area (Å²) in [5, 5.41) is 7.21. The Morgan fingerprint density at radius 3 is 2.26 bits per heavy atom. The predicted octanol–water partition coefficient (Wildman–Crippen LogP) is 2.92. The zero-order valence-electron chi connectivity index (χ0n) is 12.5. The number of benzene rings is 1. The van der Waals surface area contributed by atoms with Crippen LogP contribution in [0.25, 0.3) is 0 Å². The molecule has 0 bridgehead atoms. The molecule has 0 aliphatic carbocycles. The number of hydrogen-bond acceptors (Lipinski definition) is 3. The van der Waals surface area contributed by atoms with Gasteiger partial charge >= 0.3 is 0 Å². The predicted molar refractivity (Wildman–Crippen MR) is 79.4 cm³/mol. The molecule has 0 spiro atoms. The van der Waals surface area contributed by atoms with Gasteiger partial charge in [-0.15, -0.1) is 0 Å². The van der Waals surface area contributed by atoms with Gasteiger partial charge in [-0.3, -0.25) is 5.32 Å². The number of nitrogens with one attached hydrogen (secondary N) is 2. The quantitative estimate of drug-likeness (QED) is 0.819. The van der Waals surface area contributed by atoms with E-state index in [9.17, 15) is 0 Å².